The Bertz CT molecular complexity index is 947. The number of amidine groups is 1. The van der Waals surface area contributed by atoms with Gasteiger partial charge in [0.25, 0.3) is 0 Å². The van der Waals surface area contributed by atoms with Crippen molar-refractivity contribution in [1.82, 2.24) is 10.3 Å². The Kier molecular flexibility index (Phi) is 13.5. The summed E-state index contributed by atoms with van der Waals surface area (Å²) in [6, 6.07) is 8.48. The summed E-state index contributed by atoms with van der Waals surface area (Å²) in [7, 11) is 0. The van der Waals surface area contributed by atoms with E-state index >= 15 is 0 Å². The Hall–Kier alpha value is -2.55. The quantitative estimate of drug-likeness (QED) is 0.310. The number of thioether (sulfide) groups is 1. The molecule has 1 aromatic heterocycles. The van der Waals surface area contributed by atoms with Crippen molar-refractivity contribution in [3.8, 4) is 0 Å². The Labute approximate surface area is 211 Å². The van der Waals surface area contributed by atoms with E-state index in [0.717, 1.165) is 45.9 Å². The van der Waals surface area contributed by atoms with E-state index in [2.05, 4.69) is 20.6 Å². The van der Waals surface area contributed by atoms with Crippen molar-refractivity contribution < 1.29 is 18.0 Å². The van der Waals surface area contributed by atoms with E-state index in [0.29, 0.717) is 19.4 Å². The number of carbonyl (C=O) groups is 1. The fourth-order valence-corrected chi connectivity index (χ4v) is 4.13. The summed E-state index contributed by atoms with van der Waals surface area (Å²) >= 11 is 1.59. The number of hydrogen-bond acceptors (Lipinski definition) is 4. The Balaban J connectivity index is 0.00000145. The number of amides is 1. The van der Waals surface area contributed by atoms with E-state index in [4.69, 9.17) is 0 Å². The number of fused-ring (bicyclic) bond motifs is 1. The van der Waals surface area contributed by atoms with Crippen LogP contribution in [0.4, 0.5) is 18.9 Å². The maximum absolute atomic E-state index is 12.7. The molecule has 194 valence electrons. The molecule has 5 nitrogen and oxygen atoms in total. The van der Waals surface area contributed by atoms with Crippen molar-refractivity contribution in [3.05, 3.63) is 58.9 Å². The molecular formula is C26H37F3N4OS. The van der Waals surface area contributed by atoms with Crippen LogP contribution >= 0.6 is 11.8 Å². The first kappa shape index (κ1) is 30.5. The highest BCUT2D eigenvalue weighted by molar-refractivity contribution is 8.13. The molecule has 2 N–H and O–H groups in total. The molecule has 1 unspecified atom stereocenters. The monoisotopic (exact) mass is 510 g/mol. The van der Waals surface area contributed by atoms with Crippen LogP contribution in [0.3, 0.4) is 0 Å². The van der Waals surface area contributed by atoms with E-state index in [1.165, 1.54) is 12.3 Å². The van der Waals surface area contributed by atoms with Crippen molar-refractivity contribution in [2.75, 3.05) is 18.4 Å². The summed E-state index contributed by atoms with van der Waals surface area (Å²) in [5.41, 5.74) is 2.91. The number of benzene rings is 1. The molecular weight excluding hydrogens is 473 g/mol. The third-order valence-corrected chi connectivity index (χ3v) is 5.99. The largest absolute Gasteiger partial charge is 0.433 e. The number of anilines is 1. The first-order chi connectivity index (χ1) is 16.8. The highest BCUT2D eigenvalue weighted by atomic mass is 32.2. The van der Waals surface area contributed by atoms with Gasteiger partial charge < -0.3 is 10.6 Å². The first-order valence-corrected chi connectivity index (χ1v) is 13.1. The maximum Gasteiger partial charge on any atom is 0.433 e. The number of nitrogens with one attached hydrogen (secondary N) is 2. The van der Waals surface area contributed by atoms with Gasteiger partial charge in [-0.25, -0.2) is 0 Å². The van der Waals surface area contributed by atoms with Gasteiger partial charge in [0.15, 0.2) is 5.17 Å². The molecule has 0 aliphatic carbocycles. The van der Waals surface area contributed by atoms with Crippen LogP contribution in [0.1, 0.15) is 76.3 Å². The van der Waals surface area contributed by atoms with E-state index < -0.39 is 11.9 Å². The molecule has 1 aromatic carbocycles. The van der Waals surface area contributed by atoms with Crippen LogP contribution in [-0.4, -0.2) is 29.1 Å². The van der Waals surface area contributed by atoms with E-state index in [-0.39, 0.29) is 11.8 Å². The van der Waals surface area contributed by atoms with Gasteiger partial charge in [-0.15, -0.1) is 0 Å². The fourth-order valence-electron chi connectivity index (χ4n) is 3.22. The molecule has 0 fully saturated rings. The van der Waals surface area contributed by atoms with Gasteiger partial charge in [0, 0.05) is 30.7 Å². The Morgan fingerprint density at radius 3 is 2.51 bits per heavy atom. The van der Waals surface area contributed by atoms with Crippen LogP contribution in [0.5, 0.6) is 0 Å². The molecule has 1 atom stereocenters. The van der Waals surface area contributed by atoms with Crippen LogP contribution < -0.4 is 10.6 Å². The maximum atomic E-state index is 12.7. The topological polar surface area (TPSA) is 66.4 Å². The zero-order chi connectivity index (χ0) is 26.4. The van der Waals surface area contributed by atoms with Gasteiger partial charge in [-0.05, 0) is 48.1 Å². The van der Waals surface area contributed by atoms with E-state index in [1.807, 2.05) is 59.7 Å². The lowest BCUT2D eigenvalue weighted by Gasteiger charge is -2.13. The second kappa shape index (κ2) is 15.4. The highest BCUT2D eigenvalue weighted by Crippen LogP contribution is 2.29. The highest BCUT2D eigenvalue weighted by Gasteiger charge is 2.32. The zero-order valence-electron chi connectivity index (χ0n) is 21.4. The van der Waals surface area contributed by atoms with Gasteiger partial charge in [0.1, 0.15) is 5.69 Å². The average molecular weight is 511 g/mol. The van der Waals surface area contributed by atoms with E-state index in [1.54, 1.807) is 11.8 Å². The minimum absolute atomic E-state index is 0.0204. The summed E-state index contributed by atoms with van der Waals surface area (Å²) in [4.78, 5) is 19.7. The molecule has 0 radical (unpaired) electrons. The normalized spacial score (nSPS) is 13.5. The number of aliphatic imine (C=N–C) groups is 1. The van der Waals surface area contributed by atoms with Gasteiger partial charge in [-0.2, -0.15) is 13.2 Å². The number of alkyl halides is 3. The van der Waals surface area contributed by atoms with Crippen LogP contribution in [0.2, 0.25) is 0 Å². The lowest BCUT2D eigenvalue weighted by molar-refractivity contribution is -0.141. The molecule has 2 aromatic rings. The van der Waals surface area contributed by atoms with Gasteiger partial charge in [-0.1, -0.05) is 64.6 Å². The minimum atomic E-state index is -4.42. The SMILES string of the molecule is CC.CC.CCNC(=NCCC(C)c1ccc(C(F)(F)F)nc1)SCc1ccc2c(c1)CC(=O)N2. The van der Waals surface area contributed by atoms with Crippen LogP contribution in [-0.2, 0) is 23.1 Å². The lowest BCUT2D eigenvalue weighted by Crippen LogP contribution is -2.20. The summed E-state index contributed by atoms with van der Waals surface area (Å²) < 4.78 is 38.0. The minimum Gasteiger partial charge on any atom is -0.365 e. The number of halogens is 3. The molecule has 3 rings (SSSR count). The van der Waals surface area contributed by atoms with Gasteiger partial charge in [-0.3, -0.25) is 14.8 Å². The third-order valence-electron chi connectivity index (χ3n) is 4.96. The van der Waals surface area contributed by atoms with Crippen molar-refractivity contribution in [2.24, 2.45) is 4.99 Å². The molecule has 0 bridgehead atoms. The van der Waals surface area contributed by atoms with Crippen molar-refractivity contribution in [2.45, 2.75) is 72.2 Å². The van der Waals surface area contributed by atoms with Crippen LogP contribution in [0.25, 0.3) is 0 Å². The number of hydrogen-bond donors (Lipinski definition) is 2. The van der Waals surface area contributed by atoms with E-state index in [9.17, 15) is 18.0 Å². The summed E-state index contributed by atoms with van der Waals surface area (Å²) in [6.45, 7) is 13.3. The zero-order valence-corrected chi connectivity index (χ0v) is 22.2. The molecule has 1 aliphatic heterocycles. The predicted octanol–water partition coefficient (Wildman–Crippen LogP) is 7.04. The Morgan fingerprint density at radius 1 is 1.20 bits per heavy atom. The molecule has 1 aliphatic rings. The summed E-state index contributed by atoms with van der Waals surface area (Å²) in [5.74, 6) is 0.798. The molecule has 0 spiro atoms. The van der Waals surface area contributed by atoms with Gasteiger partial charge >= 0.3 is 6.18 Å². The molecule has 9 heteroatoms. The standard InChI is InChI=1S/C22H25F3N4OS.2C2H6/c1-3-26-21(31-13-15-4-6-18-17(10-15)11-20(30)29-18)27-9-8-14(2)16-5-7-19(28-12-16)22(23,24)25;2*1-2/h4-7,10,12,14H,3,8-9,11,13H2,1-2H3,(H,26,27)(H,29,30);2*1-2H3. The molecule has 2 heterocycles. The first-order valence-electron chi connectivity index (χ1n) is 12.1. The van der Waals surface area contributed by atoms with Crippen molar-refractivity contribution in [1.29, 1.82) is 0 Å². The van der Waals surface area contributed by atoms with Gasteiger partial charge in [0.05, 0.1) is 6.42 Å². The second-order valence-corrected chi connectivity index (χ2v) is 8.35. The number of carbonyl (C=O) groups excluding carboxylic acids is 1. The lowest BCUT2D eigenvalue weighted by atomic mass is 9.99. The van der Waals surface area contributed by atoms with Crippen LogP contribution in [0, 0.1) is 0 Å². The number of aromatic nitrogens is 1. The summed E-state index contributed by atoms with van der Waals surface area (Å²) in [6.07, 6.45) is -2.01. The summed E-state index contributed by atoms with van der Waals surface area (Å²) in [5, 5.41) is 6.92. The van der Waals surface area contributed by atoms with Crippen LogP contribution in [0.15, 0.2) is 41.5 Å². The van der Waals surface area contributed by atoms with Gasteiger partial charge in [0.2, 0.25) is 5.91 Å². The number of rotatable bonds is 7. The molecule has 0 saturated carbocycles. The molecule has 35 heavy (non-hydrogen) atoms. The molecule has 1 amide bonds. The fraction of sp³-hybridized carbons (Fsp3) is 0.500. The smallest absolute Gasteiger partial charge is 0.365 e. The Morgan fingerprint density at radius 2 is 1.91 bits per heavy atom. The second-order valence-electron chi connectivity index (χ2n) is 7.39. The van der Waals surface area contributed by atoms with Crippen molar-refractivity contribution >= 4 is 28.5 Å². The number of nitrogens with zero attached hydrogens (tertiary/aromatic N) is 2. The third kappa shape index (κ3) is 9.92. The molecule has 0 saturated heterocycles. The number of pyridine rings is 1. The van der Waals surface area contributed by atoms with Crippen molar-refractivity contribution in [3.63, 3.8) is 0 Å². The predicted molar refractivity (Wildman–Crippen MR) is 141 cm³/mol. The average Bonchev–Trinajstić information content (AvgIpc) is 3.23.